The summed E-state index contributed by atoms with van der Waals surface area (Å²) < 4.78 is 11.7. The van der Waals surface area contributed by atoms with Gasteiger partial charge < -0.3 is 10.1 Å². The van der Waals surface area contributed by atoms with Gasteiger partial charge in [0.1, 0.15) is 0 Å². The van der Waals surface area contributed by atoms with Crippen LogP contribution in [0.15, 0.2) is 54.4 Å². The summed E-state index contributed by atoms with van der Waals surface area (Å²) >= 11 is 0. The van der Waals surface area contributed by atoms with E-state index < -0.39 is 12.5 Å². The zero-order chi connectivity index (χ0) is 26.1. The number of aliphatic hydroxyl groups is 1. The van der Waals surface area contributed by atoms with E-state index in [4.69, 9.17) is 0 Å². The average molecular weight is 681 g/mol. The molecule has 1 fully saturated rings. The summed E-state index contributed by atoms with van der Waals surface area (Å²) in [5, 5.41) is 11.8. The topological polar surface area (TPSA) is 50.2 Å². The van der Waals surface area contributed by atoms with Gasteiger partial charge in [-0.1, -0.05) is 71.6 Å². The number of hydrogen-bond acceptors (Lipinski definition) is 3. The maximum atomic E-state index is 11.7. The fraction of sp³-hybridized carbons (Fsp3) is 0.438. The van der Waals surface area contributed by atoms with Crippen LogP contribution in [0.1, 0.15) is 69.1 Å². The van der Waals surface area contributed by atoms with Gasteiger partial charge in [0.2, 0.25) is 0 Å². The predicted octanol–water partition coefficient (Wildman–Crippen LogP) is 8.45. The minimum Gasteiger partial charge on any atom is -0.512 e. The Morgan fingerprint density at radius 1 is 1.14 bits per heavy atom. The van der Waals surface area contributed by atoms with Crippen molar-refractivity contribution in [1.29, 1.82) is 0 Å². The second-order valence-corrected chi connectivity index (χ2v) is 10.0. The number of benzene rings is 2. The summed E-state index contributed by atoms with van der Waals surface area (Å²) in [6, 6.07) is 16.9. The number of alkyl halides is 1. The second kappa shape index (κ2) is 15.1. The number of aryl methyl sites for hydroxylation is 2. The monoisotopic (exact) mass is 681 g/mol. The molecular weight excluding hydrogens is 642 g/mol. The van der Waals surface area contributed by atoms with Crippen LogP contribution >= 0.6 is 0 Å². The number of hydrogen-bond donors (Lipinski definition) is 1. The largest absolute Gasteiger partial charge is 0.512 e. The van der Waals surface area contributed by atoms with Crippen LogP contribution in [0.25, 0.3) is 22.0 Å². The predicted molar refractivity (Wildman–Crippen MR) is 147 cm³/mol. The van der Waals surface area contributed by atoms with Gasteiger partial charge in [-0.25, -0.2) is 4.39 Å². The third-order valence-corrected chi connectivity index (χ3v) is 7.08. The number of aromatic nitrogens is 1. The fourth-order valence-corrected chi connectivity index (χ4v) is 5.17. The Kier molecular flexibility index (Phi) is 12.6. The summed E-state index contributed by atoms with van der Waals surface area (Å²) in [7, 11) is 0. The molecule has 0 atom stereocenters. The Labute approximate surface area is 235 Å². The van der Waals surface area contributed by atoms with E-state index in [1.165, 1.54) is 59.6 Å². The molecule has 201 valence electrons. The average Bonchev–Trinajstić information content (AvgIpc) is 3.37. The number of carbonyl (C=O) groups is 1. The van der Waals surface area contributed by atoms with Gasteiger partial charge in [0.15, 0.2) is 12.5 Å². The summed E-state index contributed by atoms with van der Waals surface area (Å²) in [4.78, 5) is 15.2. The van der Waals surface area contributed by atoms with Gasteiger partial charge in [-0.2, -0.15) is 0 Å². The minimum atomic E-state index is -1.04. The maximum absolute atomic E-state index is 11.7. The van der Waals surface area contributed by atoms with Gasteiger partial charge in [0.25, 0.3) is 0 Å². The molecule has 0 aliphatic heterocycles. The van der Waals surface area contributed by atoms with Crippen LogP contribution in [0.3, 0.4) is 0 Å². The normalized spacial score (nSPS) is 13.8. The number of allylic oxidation sites excluding steroid dienone is 2. The molecule has 1 aromatic heterocycles. The standard InChI is InChI=1S/C23H24N.C9H15FO2.Ir/c1-16-11-17(2)13-21(12-16)23-22-8-7-19(14-18-5-3-4-6-18)15-20(22)9-10-24-23;1-3-7(4-2)9(12)5-8(11)6-10;/h7-12,15,18H,3-6,14H2,1-2H3;5,7,12H,3-4,6H2,1-2H3;/q-1;;/b;9-5-;. The van der Waals surface area contributed by atoms with Crippen LogP contribution in [-0.2, 0) is 31.3 Å². The van der Waals surface area contributed by atoms with Crippen molar-refractivity contribution in [3.8, 4) is 11.3 Å². The Hall–Kier alpha value is -2.36. The summed E-state index contributed by atoms with van der Waals surface area (Å²) in [5.41, 5.74) is 6.05. The Bertz CT molecular complexity index is 1180. The number of halogens is 1. The maximum Gasteiger partial charge on any atom is 0.189 e. The van der Waals surface area contributed by atoms with E-state index in [0.717, 1.165) is 36.1 Å². The minimum absolute atomic E-state index is 0. The number of carbonyl (C=O) groups excluding carboxylic acids is 1. The zero-order valence-electron chi connectivity index (χ0n) is 22.4. The Morgan fingerprint density at radius 2 is 1.84 bits per heavy atom. The molecule has 37 heavy (non-hydrogen) atoms. The molecule has 1 saturated carbocycles. The smallest absolute Gasteiger partial charge is 0.189 e. The molecule has 0 spiro atoms. The van der Waals surface area contributed by atoms with E-state index in [0.29, 0.717) is 0 Å². The molecule has 1 N–H and O–H groups in total. The van der Waals surface area contributed by atoms with Crippen molar-refractivity contribution in [2.75, 3.05) is 6.67 Å². The number of rotatable bonds is 8. The van der Waals surface area contributed by atoms with E-state index >= 15 is 0 Å². The number of aliphatic hydroxyl groups excluding tert-OH is 1. The van der Waals surface area contributed by atoms with Crippen LogP contribution in [-0.4, -0.2) is 22.5 Å². The van der Waals surface area contributed by atoms with Crippen molar-refractivity contribution in [2.45, 2.75) is 72.6 Å². The molecule has 1 aliphatic carbocycles. The van der Waals surface area contributed by atoms with E-state index in [1.54, 1.807) is 0 Å². The number of pyridine rings is 1. The summed E-state index contributed by atoms with van der Waals surface area (Å²) in [5.74, 6) is 0.207. The molecule has 4 rings (SSSR count). The van der Waals surface area contributed by atoms with Gasteiger partial charge in [0.05, 0.1) is 5.76 Å². The van der Waals surface area contributed by atoms with Gasteiger partial charge in [-0.3, -0.25) is 4.79 Å². The first-order valence-corrected chi connectivity index (χ1v) is 13.2. The number of fused-ring (bicyclic) bond motifs is 1. The van der Waals surface area contributed by atoms with Crippen LogP contribution in [0, 0.1) is 31.7 Å². The van der Waals surface area contributed by atoms with Crippen LogP contribution < -0.4 is 0 Å². The third-order valence-electron chi connectivity index (χ3n) is 7.08. The first kappa shape index (κ1) is 30.9. The van der Waals surface area contributed by atoms with E-state index in [1.807, 2.05) is 20.0 Å². The molecule has 5 heteroatoms. The van der Waals surface area contributed by atoms with E-state index in [9.17, 15) is 14.3 Å². The molecule has 3 aromatic rings. The van der Waals surface area contributed by atoms with Gasteiger partial charge in [0, 0.05) is 38.3 Å². The first-order chi connectivity index (χ1) is 17.3. The molecule has 0 bridgehead atoms. The van der Waals surface area contributed by atoms with Crippen LogP contribution in [0.4, 0.5) is 4.39 Å². The second-order valence-electron chi connectivity index (χ2n) is 10.0. The molecule has 0 amide bonds. The zero-order valence-corrected chi connectivity index (χ0v) is 24.8. The molecule has 3 nitrogen and oxygen atoms in total. The third kappa shape index (κ3) is 8.86. The van der Waals surface area contributed by atoms with Gasteiger partial charge in [-0.15, -0.1) is 34.9 Å². The molecule has 1 aliphatic rings. The SMILES string of the molecule is CCC(CC)/C(O)=C/C(=O)CF.Cc1[c-]c(-c2nccc3cc(CC4CCCC4)ccc23)cc(C)c1.[Ir]. The van der Waals surface area contributed by atoms with E-state index in [-0.39, 0.29) is 31.8 Å². The van der Waals surface area contributed by atoms with Gasteiger partial charge in [-0.05, 0) is 53.3 Å². The van der Waals surface area contributed by atoms with Crippen molar-refractivity contribution >= 4 is 16.6 Å². The van der Waals surface area contributed by atoms with Crippen molar-refractivity contribution in [1.82, 2.24) is 4.98 Å². The van der Waals surface area contributed by atoms with Crippen molar-refractivity contribution in [3.05, 3.63) is 77.2 Å². The molecule has 1 heterocycles. The Morgan fingerprint density at radius 3 is 2.46 bits per heavy atom. The van der Waals surface area contributed by atoms with Crippen molar-refractivity contribution in [2.24, 2.45) is 11.8 Å². The number of ketones is 1. The summed E-state index contributed by atoms with van der Waals surface area (Å²) in [6.45, 7) is 7.02. The fourth-order valence-electron chi connectivity index (χ4n) is 5.17. The Balaban J connectivity index is 0.000000319. The quantitative estimate of drug-likeness (QED) is 0.148. The van der Waals surface area contributed by atoms with Crippen molar-refractivity contribution < 1.29 is 34.4 Å². The van der Waals surface area contributed by atoms with Crippen LogP contribution in [0.2, 0.25) is 0 Å². The molecule has 0 saturated heterocycles. The molecule has 2 aromatic carbocycles. The first-order valence-electron chi connectivity index (χ1n) is 13.2. The number of nitrogens with zero attached hydrogens (tertiary/aromatic N) is 1. The van der Waals surface area contributed by atoms with Gasteiger partial charge >= 0.3 is 0 Å². The summed E-state index contributed by atoms with van der Waals surface area (Å²) in [6.07, 6.45) is 11.3. The molecule has 1 radical (unpaired) electrons. The molecule has 0 unspecified atom stereocenters. The van der Waals surface area contributed by atoms with E-state index in [2.05, 4.69) is 61.3 Å². The van der Waals surface area contributed by atoms with Crippen molar-refractivity contribution in [3.63, 3.8) is 0 Å². The van der Waals surface area contributed by atoms with Crippen LogP contribution in [0.5, 0.6) is 0 Å². The molecular formula is C32H39FIrNO2-.